The lowest BCUT2D eigenvalue weighted by Crippen LogP contribution is -2.38. The van der Waals surface area contributed by atoms with Crippen LogP contribution in [0.1, 0.15) is 23.3 Å². The van der Waals surface area contributed by atoms with Gasteiger partial charge in [-0.05, 0) is 46.8 Å². The van der Waals surface area contributed by atoms with Gasteiger partial charge in [0.25, 0.3) is 5.91 Å². The zero-order valence-electron chi connectivity index (χ0n) is 9.64. The van der Waals surface area contributed by atoms with Crippen molar-refractivity contribution in [1.29, 1.82) is 0 Å². The Kier molecular flexibility index (Phi) is 7.78. The number of hydrogen-bond donors (Lipinski definition) is 2. The van der Waals surface area contributed by atoms with Crippen molar-refractivity contribution in [3.05, 3.63) is 28.5 Å². The van der Waals surface area contributed by atoms with Crippen LogP contribution in [0.25, 0.3) is 0 Å². The molecule has 102 valence electrons. The van der Waals surface area contributed by atoms with Gasteiger partial charge in [-0.3, -0.25) is 4.79 Å². The zero-order valence-corrected chi connectivity index (χ0v) is 12.9. The number of amides is 1. The SMILES string of the molecule is Cl.Cl.NC(CNC(=O)c1ccc(Br)cn1)C1CC1. The van der Waals surface area contributed by atoms with Crippen molar-refractivity contribution in [2.75, 3.05) is 6.54 Å². The molecule has 1 aliphatic carbocycles. The molecule has 4 nitrogen and oxygen atoms in total. The van der Waals surface area contributed by atoms with Crippen LogP contribution >= 0.6 is 40.7 Å². The smallest absolute Gasteiger partial charge is 0.269 e. The summed E-state index contributed by atoms with van der Waals surface area (Å²) in [6.07, 6.45) is 3.98. The summed E-state index contributed by atoms with van der Waals surface area (Å²) in [6.45, 7) is 0.529. The van der Waals surface area contributed by atoms with E-state index in [4.69, 9.17) is 5.73 Å². The van der Waals surface area contributed by atoms with E-state index in [-0.39, 0.29) is 36.8 Å². The van der Waals surface area contributed by atoms with Crippen molar-refractivity contribution < 1.29 is 4.79 Å². The van der Waals surface area contributed by atoms with E-state index < -0.39 is 0 Å². The van der Waals surface area contributed by atoms with E-state index in [1.165, 1.54) is 12.8 Å². The van der Waals surface area contributed by atoms with Crippen LogP contribution in [0.15, 0.2) is 22.8 Å². The number of nitrogens with two attached hydrogens (primary N) is 1. The molecular weight excluding hydrogens is 341 g/mol. The van der Waals surface area contributed by atoms with Gasteiger partial charge in [0.05, 0.1) is 0 Å². The summed E-state index contributed by atoms with van der Waals surface area (Å²) in [4.78, 5) is 15.7. The highest BCUT2D eigenvalue weighted by molar-refractivity contribution is 9.10. The molecule has 0 aliphatic heterocycles. The Bertz CT molecular complexity index is 384. The first-order valence-electron chi connectivity index (χ1n) is 5.32. The van der Waals surface area contributed by atoms with E-state index >= 15 is 0 Å². The Labute approximate surface area is 127 Å². The number of pyridine rings is 1. The Morgan fingerprint density at radius 2 is 2.17 bits per heavy atom. The fourth-order valence-electron chi connectivity index (χ4n) is 1.50. The number of carbonyl (C=O) groups excluding carboxylic acids is 1. The summed E-state index contributed by atoms with van der Waals surface area (Å²) in [5, 5.41) is 2.80. The number of rotatable bonds is 4. The molecule has 1 aromatic rings. The standard InChI is InChI=1S/C11H14BrN3O.2ClH/c12-8-3-4-10(14-5-8)11(16)15-6-9(13)7-1-2-7;;/h3-5,7,9H,1-2,6,13H2,(H,15,16);2*1H. The molecule has 1 heterocycles. The van der Waals surface area contributed by atoms with E-state index in [0.29, 0.717) is 18.2 Å². The second-order valence-corrected chi connectivity index (χ2v) is 4.99. The summed E-state index contributed by atoms with van der Waals surface area (Å²) < 4.78 is 0.860. The molecule has 7 heteroatoms. The number of nitrogens with one attached hydrogen (secondary N) is 1. The van der Waals surface area contributed by atoms with Gasteiger partial charge in [-0.25, -0.2) is 4.98 Å². The number of aromatic nitrogens is 1. The van der Waals surface area contributed by atoms with E-state index in [9.17, 15) is 4.79 Å². The number of carbonyl (C=O) groups is 1. The molecule has 1 aliphatic rings. The topological polar surface area (TPSA) is 68.0 Å². The second-order valence-electron chi connectivity index (χ2n) is 4.07. The molecule has 1 unspecified atom stereocenters. The van der Waals surface area contributed by atoms with Crippen molar-refractivity contribution in [2.45, 2.75) is 18.9 Å². The normalized spacial score (nSPS) is 15.0. The molecule has 0 bridgehead atoms. The van der Waals surface area contributed by atoms with Crippen LogP contribution in [0.5, 0.6) is 0 Å². The van der Waals surface area contributed by atoms with Gasteiger partial charge in [-0.1, -0.05) is 0 Å². The lowest BCUT2D eigenvalue weighted by atomic mass is 10.2. The Hall–Kier alpha value is -0.360. The average molecular weight is 357 g/mol. The van der Waals surface area contributed by atoms with Gasteiger partial charge >= 0.3 is 0 Å². The average Bonchev–Trinajstić information content (AvgIpc) is 3.10. The van der Waals surface area contributed by atoms with Crippen molar-refractivity contribution in [2.24, 2.45) is 11.7 Å². The molecule has 0 saturated heterocycles. The van der Waals surface area contributed by atoms with Crippen LogP contribution in [-0.4, -0.2) is 23.5 Å². The van der Waals surface area contributed by atoms with Crippen LogP contribution in [0.4, 0.5) is 0 Å². The van der Waals surface area contributed by atoms with Gasteiger partial charge < -0.3 is 11.1 Å². The molecule has 1 fully saturated rings. The van der Waals surface area contributed by atoms with Gasteiger partial charge in [0, 0.05) is 23.3 Å². The molecule has 2 rings (SSSR count). The highest BCUT2D eigenvalue weighted by Gasteiger charge is 2.28. The predicted octanol–water partition coefficient (Wildman–Crippen LogP) is 2.15. The maximum Gasteiger partial charge on any atom is 0.269 e. The minimum absolute atomic E-state index is 0. The fraction of sp³-hybridized carbons (Fsp3) is 0.455. The summed E-state index contributed by atoms with van der Waals surface area (Å²) >= 11 is 3.27. The lowest BCUT2D eigenvalue weighted by molar-refractivity contribution is 0.0945. The lowest BCUT2D eigenvalue weighted by Gasteiger charge is -2.11. The molecule has 18 heavy (non-hydrogen) atoms. The van der Waals surface area contributed by atoms with Gasteiger partial charge in [0.1, 0.15) is 5.69 Å². The highest BCUT2D eigenvalue weighted by Crippen LogP contribution is 2.31. The summed E-state index contributed by atoms with van der Waals surface area (Å²) in [5.41, 5.74) is 6.31. The minimum Gasteiger partial charge on any atom is -0.349 e. The largest absolute Gasteiger partial charge is 0.349 e. The van der Waals surface area contributed by atoms with E-state index in [1.54, 1.807) is 18.3 Å². The molecule has 1 saturated carbocycles. The first kappa shape index (κ1) is 17.6. The first-order valence-corrected chi connectivity index (χ1v) is 6.11. The summed E-state index contributed by atoms with van der Waals surface area (Å²) in [6, 6.07) is 3.56. The van der Waals surface area contributed by atoms with Crippen LogP contribution in [0.2, 0.25) is 0 Å². The van der Waals surface area contributed by atoms with Crippen molar-refractivity contribution in [1.82, 2.24) is 10.3 Å². The van der Waals surface area contributed by atoms with E-state index in [0.717, 1.165) is 4.47 Å². The molecule has 0 aromatic carbocycles. The predicted molar refractivity (Wildman–Crippen MR) is 79.5 cm³/mol. The maximum atomic E-state index is 11.7. The van der Waals surface area contributed by atoms with Crippen LogP contribution in [0, 0.1) is 5.92 Å². The summed E-state index contributed by atoms with van der Waals surface area (Å²) in [5.74, 6) is 0.432. The third kappa shape index (κ3) is 5.10. The van der Waals surface area contributed by atoms with Crippen molar-refractivity contribution in [3.63, 3.8) is 0 Å². The molecule has 0 spiro atoms. The highest BCUT2D eigenvalue weighted by atomic mass is 79.9. The molecular formula is C11H16BrCl2N3O. The third-order valence-electron chi connectivity index (χ3n) is 2.69. The van der Waals surface area contributed by atoms with E-state index in [2.05, 4.69) is 26.2 Å². The van der Waals surface area contributed by atoms with Crippen LogP contribution in [-0.2, 0) is 0 Å². The Morgan fingerprint density at radius 3 is 2.67 bits per heavy atom. The van der Waals surface area contributed by atoms with Gasteiger partial charge in [0.2, 0.25) is 0 Å². The number of nitrogens with zero attached hydrogens (tertiary/aromatic N) is 1. The van der Waals surface area contributed by atoms with Gasteiger partial charge in [0.15, 0.2) is 0 Å². The molecule has 0 radical (unpaired) electrons. The van der Waals surface area contributed by atoms with Crippen LogP contribution in [0.3, 0.4) is 0 Å². The Morgan fingerprint density at radius 1 is 1.50 bits per heavy atom. The number of halogens is 3. The quantitative estimate of drug-likeness (QED) is 0.868. The van der Waals surface area contributed by atoms with Crippen molar-refractivity contribution >= 4 is 46.7 Å². The zero-order chi connectivity index (χ0) is 11.5. The van der Waals surface area contributed by atoms with Crippen LogP contribution < -0.4 is 11.1 Å². The fourth-order valence-corrected chi connectivity index (χ4v) is 1.74. The summed E-state index contributed by atoms with van der Waals surface area (Å²) in [7, 11) is 0. The van der Waals surface area contributed by atoms with Gasteiger partial charge in [-0.2, -0.15) is 0 Å². The molecule has 1 atom stereocenters. The van der Waals surface area contributed by atoms with Gasteiger partial charge in [-0.15, -0.1) is 24.8 Å². The molecule has 3 N–H and O–H groups in total. The second kappa shape index (κ2) is 7.94. The third-order valence-corrected chi connectivity index (χ3v) is 3.15. The maximum absolute atomic E-state index is 11.7. The Balaban J connectivity index is 0.00000144. The number of hydrogen-bond acceptors (Lipinski definition) is 3. The minimum atomic E-state index is -0.163. The molecule has 1 amide bonds. The molecule has 1 aromatic heterocycles. The first-order chi connectivity index (χ1) is 7.66. The van der Waals surface area contributed by atoms with E-state index in [1.807, 2.05) is 0 Å². The van der Waals surface area contributed by atoms with Crippen molar-refractivity contribution in [3.8, 4) is 0 Å². The monoisotopic (exact) mass is 355 g/mol.